The molecule has 1 aromatic heterocycles. The highest BCUT2D eigenvalue weighted by molar-refractivity contribution is 5.86. The summed E-state index contributed by atoms with van der Waals surface area (Å²) in [4.78, 5) is 17.6. The monoisotopic (exact) mass is 396 g/mol. The molecule has 0 unspecified atom stereocenters. The molecule has 0 fully saturated rings. The van der Waals surface area contributed by atoms with Gasteiger partial charge in [0.2, 0.25) is 5.91 Å². The lowest BCUT2D eigenvalue weighted by atomic mass is 10.1. The molecular weight excluding hydrogens is 373 g/mol. The Bertz CT molecular complexity index is 769. The lowest BCUT2D eigenvalue weighted by Crippen LogP contribution is -2.43. The van der Waals surface area contributed by atoms with Crippen LogP contribution >= 0.6 is 0 Å². The number of guanidine groups is 1. The van der Waals surface area contributed by atoms with Crippen molar-refractivity contribution in [2.45, 2.75) is 19.1 Å². The summed E-state index contributed by atoms with van der Waals surface area (Å²) in [5.41, 5.74) is -0.0780. The van der Waals surface area contributed by atoms with Gasteiger partial charge >= 0.3 is 6.18 Å². The van der Waals surface area contributed by atoms with Crippen molar-refractivity contribution in [3.63, 3.8) is 0 Å². The third kappa shape index (κ3) is 6.98. The average Bonchev–Trinajstić information content (AvgIpc) is 3.16. The van der Waals surface area contributed by atoms with E-state index < -0.39 is 11.7 Å². The lowest BCUT2D eigenvalue weighted by Gasteiger charge is -2.15. The van der Waals surface area contributed by atoms with Gasteiger partial charge in [-0.3, -0.25) is 4.79 Å². The molecule has 0 aliphatic carbocycles. The first-order valence-corrected chi connectivity index (χ1v) is 8.66. The maximum absolute atomic E-state index is 12.6. The molecule has 2 aromatic rings. The highest BCUT2D eigenvalue weighted by atomic mass is 19.4. The summed E-state index contributed by atoms with van der Waals surface area (Å²) in [6.07, 6.45) is -2.16. The molecular formula is C19H23F3N4O2. The molecule has 0 spiro atoms. The minimum atomic E-state index is -4.37. The standard InChI is InChI=1S/C19H23F3N4O2/c1-26(2)17(27)13-25-18(23-10-9-16-4-3-11-28-16)24-12-14-5-7-15(8-6-14)19(20,21)22/h3-8,11H,9-10,12-13H2,1-2H3,(H2,23,24,25). The quantitative estimate of drug-likeness (QED) is 0.558. The van der Waals surface area contributed by atoms with Crippen molar-refractivity contribution in [3.8, 4) is 0 Å². The van der Waals surface area contributed by atoms with Gasteiger partial charge in [0.05, 0.1) is 24.9 Å². The Hall–Kier alpha value is -2.97. The zero-order valence-electron chi connectivity index (χ0n) is 15.7. The van der Waals surface area contributed by atoms with Crippen LogP contribution in [0.4, 0.5) is 13.2 Å². The highest BCUT2D eigenvalue weighted by Gasteiger charge is 2.29. The van der Waals surface area contributed by atoms with E-state index in [9.17, 15) is 18.0 Å². The van der Waals surface area contributed by atoms with Gasteiger partial charge in [0.1, 0.15) is 5.76 Å². The van der Waals surface area contributed by atoms with E-state index in [1.54, 1.807) is 26.4 Å². The predicted molar refractivity (Wildman–Crippen MR) is 99.7 cm³/mol. The van der Waals surface area contributed by atoms with Crippen molar-refractivity contribution in [1.82, 2.24) is 15.5 Å². The molecule has 2 rings (SSSR count). The summed E-state index contributed by atoms with van der Waals surface area (Å²) < 4.78 is 43.2. The van der Waals surface area contributed by atoms with Crippen LogP contribution < -0.4 is 10.6 Å². The number of hydrogen-bond acceptors (Lipinski definition) is 3. The molecule has 1 aromatic carbocycles. The molecule has 2 N–H and O–H groups in total. The second kappa shape index (κ2) is 9.82. The van der Waals surface area contributed by atoms with Crippen molar-refractivity contribution >= 4 is 11.9 Å². The molecule has 0 atom stereocenters. The van der Waals surface area contributed by atoms with E-state index in [2.05, 4.69) is 15.6 Å². The van der Waals surface area contributed by atoms with Crippen molar-refractivity contribution in [1.29, 1.82) is 0 Å². The Morgan fingerprint density at radius 2 is 1.86 bits per heavy atom. The zero-order chi connectivity index (χ0) is 20.6. The molecule has 0 radical (unpaired) electrons. The Balaban J connectivity index is 1.98. The van der Waals surface area contributed by atoms with E-state index in [0.717, 1.165) is 17.9 Å². The number of nitrogens with zero attached hydrogens (tertiary/aromatic N) is 2. The Morgan fingerprint density at radius 1 is 1.14 bits per heavy atom. The number of amides is 1. The van der Waals surface area contributed by atoms with Gasteiger partial charge in [-0.25, -0.2) is 4.99 Å². The van der Waals surface area contributed by atoms with Gasteiger partial charge in [0.15, 0.2) is 5.96 Å². The third-order valence-corrected chi connectivity index (χ3v) is 3.85. The number of alkyl halides is 3. The van der Waals surface area contributed by atoms with Gasteiger partial charge in [-0.1, -0.05) is 12.1 Å². The number of furan rings is 1. The van der Waals surface area contributed by atoms with Crippen LogP contribution in [0.5, 0.6) is 0 Å². The summed E-state index contributed by atoms with van der Waals surface area (Å²) in [7, 11) is 3.29. The van der Waals surface area contributed by atoms with Gasteiger partial charge in [0, 0.05) is 27.1 Å². The zero-order valence-corrected chi connectivity index (χ0v) is 15.7. The number of carbonyl (C=O) groups excluding carboxylic acids is 1. The van der Waals surface area contributed by atoms with Gasteiger partial charge in [-0.15, -0.1) is 0 Å². The second-order valence-corrected chi connectivity index (χ2v) is 6.26. The minimum Gasteiger partial charge on any atom is -0.469 e. The number of likely N-dealkylation sites (N-methyl/N-ethyl adjacent to an activating group) is 1. The molecule has 0 saturated heterocycles. The van der Waals surface area contributed by atoms with Crippen LogP contribution in [0.1, 0.15) is 16.9 Å². The number of benzene rings is 1. The van der Waals surface area contributed by atoms with E-state index >= 15 is 0 Å². The first-order chi connectivity index (χ1) is 13.3. The first kappa shape index (κ1) is 21.3. The van der Waals surface area contributed by atoms with Crippen molar-refractivity contribution in [2.75, 3.05) is 27.2 Å². The predicted octanol–water partition coefficient (Wildman–Crippen LogP) is 2.66. The van der Waals surface area contributed by atoms with Crippen LogP contribution in [0, 0.1) is 0 Å². The highest BCUT2D eigenvalue weighted by Crippen LogP contribution is 2.29. The molecule has 6 nitrogen and oxygen atoms in total. The largest absolute Gasteiger partial charge is 0.469 e. The topological polar surface area (TPSA) is 69.9 Å². The fraction of sp³-hybridized carbons (Fsp3) is 0.368. The van der Waals surface area contributed by atoms with Crippen LogP contribution in [-0.2, 0) is 23.9 Å². The van der Waals surface area contributed by atoms with Crippen molar-refractivity contribution in [3.05, 3.63) is 59.5 Å². The molecule has 0 aliphatic rings. The number of halogens is 3. The summed E-state index contributed by atoms with van der Waals surface area (Å²) in [5.74, 6) is 1.07. The van der Waals surface area contributed by atoms with Crippen molar-refractivity contribution < 1.29 is 22.4 Å². The van der Waals surface area contributed by atoms with Crippen molar-refractivity contribution in [2.24, 2.45) is 4.99 Å². The van der Waals surface area contributed by atoms with Gasteiger partial charge < -0.3 is 20.0 Å². The lowest BCUT2D eigenvalue weighted by molar-refractivity contribution is -0.137. The first-order valence-electron chi connectivity index (χ1n) is 8.66. The van der Waals surface area contributed by atoms with Crippen LogP contribution in [0.3, 0.4) is 0 Å². The molecule has 9 heteroatoms. The Morgan fingerprint density at radius 3 is 2.43 bits per heavy atom. The number of hydrogen-bond donors (Lipinski definition) is 2. The second-order valence-electron chi connectivity index (χ2n) is 6.26. The minimum absolute atomic E-state index is 0.0482. The van der Waals surface area contributed by atoms with Crippen LogP contribution in [0.2, 0.25) is 0 Å². The number of rotatable bonds is 7. The van der Waals surface area contributed by atoms with Gasteiger partial charge in [-0.05, 0) is 29.8 Å². The Labute approximate surface area is 161 Å². The summed E-state index contributed by atoms with van der Waals surface area (Å²) in [5, 5.41) is 6.01. The summed E-state index contributed by atoms with van der Waals surface area (Å²) in [6, 6.07) is 8.47. The molecule has 0 saturated carbocycles. The van der Waals surface area contributed by atoms with E-state index in [4.69, 9.17) is 4.42 Å². The van der Waals surface area contributed by atoms with E-state index in [0.29, 0.717) is 24.5 Å². The van der Waals surface area contributed by atoms with E-state index in [-0.39, 0.29) is 19.0 Å². The number of nitrogens with one attached hydrogen (secondary N) is 2. The molecule has 28 heavy (non-hydrogen) atoms. The number of aliphatic imine (C=N–C) groups is 1. The maximum atomic E-state index is 12.6. The van der Waals surface area contributed by atoms with Crippen LogP contribution in [-0.4, -0.2) is 44.0 Å². The summed E-state index contributed by atoms with van der Waals surface area (Å²) in [6.45, 7) is 0.736. The van der Waals surface area contributed by atoms with E-state index in [1.165, 1.54) is 17.0 Å². The van der Waals surface area contributed by atoms with Gasteiger partial charge in [-0.2, -0.15) is 13.2 Å². The smallest absolute Gasteiger partial charge is 0.416 e. The molecule has 152 valence electrons. The molecule has 0 bridgehead atoms. The third-order valence-electron chi connectivity index (χ3n) is 3.85. The Kier molecular flexibility index (Phi) is 7.48. The average molecular weight is 396 g/mol. The molecule has 1 amide bonds. The van der Waals surface area contributed by atoms with E-state index in [1.807, 2.05) is 6.07 Å². The fourth-order valence-electron chi connectivity index (χ4n) is 2.22. The number of carbonyl (C=O) groups is 1. The summed E-state index contributed by atoms with van der Waals surface area (Å²) >= 11 is 0. The van der Waals surface area contributed by atoms with Gasteiger partial charge in [0.25, 0.3) is 0 Å². The molecule has 1 heterocycles. The SMILES string of the molecule is CN(C)C(=O)CNC(=NCc1ccc(C(F)(F)F)cc1)NCCc1ccco1. The maximum Gasteiger partial charge on any atom is 0.416 e. The van der Waals surface area contributed by atoms with Crippen LogP contribution in [0.25, 0.3) is 0 Å². The molecule has 0 aliphatic heterocycles. The normalized spacial score (nSPS) is 12.0. The van der Waals surface area contributed by atoms with Crippen LogP contribution in [0.15, 0.2) is 52.1 Å². The fourth-order valence-corrected chi connectivity index (χ4v) is 2.22.